The van der Waals surface area contributed by atoms with Crippen molar-refractivity contribution in [2.75, 3.05) is 13.7 Å². The number of methoxy groups -OCH3 is 1. The molecule has 0 unspecified atom stereocenters. The van der Waals surface area contributed by atoms with E-state index in [1.807, 2.05) is 30.3 Å². The Morgan fingerprint density at radius 1 is 1.19 bits per heavy atom. The van der Waals surface area contributed by atoms with E-state index in [0.717, 1.165) is 12.0 Å². The van der Waals surface area contributed by atoms with Gasteiger partial charge in [0, 0.05) is 0 Å². The first-order valence-electron chi connectivity index (χ1n) is 8.70. The highest BCUT2D eigenvalue weighted by Gasteiger charge is 2.20. The molecule has 0 aromatic heterocycles. The lowest BCUT2D eigenvalue weighted by molar-refractivity contribution is -0.385. The molecule has 27 heavy (non-hydrogen) atoms. The summed E-state index contributed by atoms with van der Waals surface area (Å²) in [5.41, 5.74) is 0.763. The van der Waals surface area contributed by atoms with Crippen LogP contribution in [0.2, 0.25) is 0 Å². The predicted octanol–water partition coefficient (Wildman–Crippen LogP) is 3.89. The van der Waals surface area contributed by atoms with Gasteiger partial charge in [0.15, 0.2) is 12.4 Å². The fraction of sp³-hybridized carbons (Fsp3) is 0.350. The number of nitro groups is 1. The number of benzene rings is 2. The second-order valence-electron chi connectivity index (χ2n) is 6.54. The van der Waals surface area contributed by atoms with E-state index in [0.29, 0.717) is 11.7 Å². The topological polar surface area (TPSA) is 90.7 Å². The summed E-state index contributed by atoms with van der Waals surface area (Å²) in [4.78, 5) is 23.0. The van der Waals surface area contributed by atoms with Gasteiger partial charge in [-0.25, -0.2) is 0 Å². The normalized spacial score (nSPS) is 11.7. The summed E-state index contributed by atoms with van der Waals surface area (Å²) in [6.45, 7) is 3.85. The molecule has 1 atom stereocenters. The van der Waals surface area contributed by atoms with Crippen LogP contribution in [0.3, 0.4) is 0 Å². The van der Waals surface area contributed by atoms with E-state index in [9.17, 15) is 14.9 Å². The number of ether oxygens (including phenoxy) is 2. The Labute approximate surface area is 158 Å². The van der Waals surface area contributed by atoms with E-state index >= 15 is 0 Å². The average molecular weight is 372 g/mol. The lowest BCUT2D eigenvalue weighted by Gasteiger charge is -2.21. The summed E-state index contributed by atoms with van der Waals surface area (Å²) < 4.78 is 10.4. The van der Waals surface area contributed by atoms with Crippen LogP contribution in [-0.4, -0.2) is 24.5 Å². The van der Waals surface area contributed by atoms with E-state index in [2.05, 4.69) is 19.2 Å². The van der Waals surface area contributed by atoms with Crippen molar-refractivity contribution in [1.82, 2.24) is 5.32 Å². The molecule has 7 heteroatoms. The zero-order chi connectivity index (χ0) is 19.8. The molecule has 0 aliphatic rings. The summed E-state index contributed by atoms with van der Waals surface area (Å²) in [5, 5.41) is 14.1. The first-order valence-corrected chi connectivity index (χ1v) is 8.70. The SMILES string of the molecule is COc1ccc(OCC(=O)N[C@H](CC(C)C)c2ccccc2)c([N+](=O)[O-])c1. The molecule has 1 N–H and O–H groups in total. The molecule has 0 radical (unpaired) electrons. The van der Waals surface area contributed by atoms with Crippen LogP contribution in [0.25, 0.3) is 0 Å². The Morgan fingerprint density at radius 2 is 1.89 bits per heavy atom. The lowest BCUT2D eigenvalue weighted by Crippen LogP contribution is -2.33. The van der Waals surface area contributed by atoms with Gasteiger partial charge in [0.1, 0.15) is 5.75 Å². The van der Waals surface area contributed by atoms with Gasteiger partial charge in [0.05, 0.1) is 24.1 Å². The van der Waals surface area contributed by atoms with Crippen LogP contribution in [0.15, 0.2) is 48.5 Å². The summed E-state index contributed by atoms with van der Waals surface area (Å²) in [5.74, 6) is 0.421. The minimum absolute atomic E-state index is 0.0241. The van der Waals surface area contributed by atoms with Crippen molar-refractivity contribution < 1.29 is 19.2 Å². The van der Waals surface area contributed by atoms with E-state index in [4.69, 9.17) is 9.47 Å². The molecule has 0 bridgehead atoms. The maximum atomic E-state index is 12.4. The molecule has 144 valence electrons. The third-order valence-corrected chi connectivity index (χ3v) is 3.97. The molecule has 0 spiro atoms. The molecule has 2 rings (SSSR count). The Morgan fingerprint density at radius 3 is 2.48 bits per heavy atom. The Bertz CT molecular complexity index is 777. The van der Waals surface area contributed by atoms with Crippen LogP contribution in [0.1, 0.15) is 31.9 Å². The summed E-state index contributed by atoms with van der Waals surface area (Å²) >= 11 is 0. The minimum Gasteiger partial charge on any atom is -0.496 e. The van der Waals surface area contributed by atoms with E-state index in [1.54, 1.807) is 6.07 Å². The maximum absolute atomic E-state index is 12.4. The van der Waals surface area contributed by atoms with Gasteiger partial charge in [0.25, 0.3) is 5.91 Å². The number of nitro benzene ring substituents is 1. The third-order valence-electron chi connectivity index (χ3n) is 3.97. The fourth-order valence-corrected chi connectivity index (χ4v) is 2.70. The van der Waals surface area contributed by atoms with Gasteiger partial charge in [-0.15, -0.1) is 0 Å². The standard InChI is InChI=1S/C20H24N2O5/c1-14(2)11-17(15-7-5-4-6-8-15)21-20(23)13-27-19-10-9-16(26-3)12-18(19)22(24)25/h4-10,12,14,17H,11,13H2,1-3H3,(H,21,23)/t17-/m1/s1. The molecule has 0 aliphatic carbocycles. The quantitative estimate of drug-likeness (QED) is 0.533. The highest BCUT2D eigenvalue weighted by Crippen LogP contribution is 2.31. The van der Waals surface area contributed by atoms with Gasteiger partial charge in [-0.05, 0) is 30.0 Å². The van der Waals surface area contributed by atoms with E-state index < -0.39 is 4.92 Å². The molecular formula is C20H24N2O5. The maximum Gasteiger partial charge on any atom is 0.314 e. The minimum atomic E-state index is -0.568. The number of nitrogens with zero attached hydrogens (tertiary/aromatic N) is 1. The molecule has 0 saturated heterocycles. The van der Waals surface area contributed by atoms with Gasteiger partial charge < -0.3 is 14.8 Å². The first-order chi connectivity index (χ1) is 12.9. The van der Waals surface area contributed by atoms with Crippen LogP contribution in [0.4, 0.5) is 5.69 Å². The smallest absolute Gasteiger partial charge is 0.314 e. The van der Waals surface area contributed by atoms with Gasteiger partial charge in [-0.3, -0.25) is 14.9 Å². The number of carbonyl (C=O) groups excluding carboxylic acids is 1. The highest BCUT2D eigenvalue weighted by atomic mass is 16.6. The number of rotatable bonds is 9. The van der Waals surface area contributed by atoms with Crippen molar-refractivity contribution in [3.05, 3.63) is 64.2 Å². The molecule has 0 fully saturated rings. The molecule has 2 aromatic rings. The van der Waals surface area contributed by atoms with Crippen LogP contribution in [-0.2, 0) is 4.79 Å². The van der Waals surface area contributed by atoms with Gasteiger partial charge >= 0.3 is 5.69 Å². The molecular weight excluding hydrogens is 348 g/mol. The van der Waals surface area contributed by atoms with Gasteiger partial charge in [-0.1, -0.05) is 44.2 Å². The van der Waals surface area contributed by atoms with Crippen LogP contribution < -0.4 is 14.8 Å². The molecule has 0 heterocycles. The number of carbonyl (C=O) groups is 1. The Kier molecular flexibility index (Phi) is 7.16. The summed E-state index contributed by atoms with van der Waals surface area (Å²) in [6.07, 6.45) is 0.776. The van der Waals surface area contributed by atoms with Crippen molar-refractivity contribution in [3.8, 4) is 11.5 Å². The second-order valence-corrected chi connectivity index (χ2v) is 6.54. The highest BCUT2D eigenvalue weighted by molar-refractivity contribution is 5.78. The van der Waals surface area contributed by atoms with Gasteiger partial charge in [-0.2, -0.15) is 0 Å². The van der Waals surface area contributed by atoms with Gasteiger partial charge in [0.2, 0.25) is 0 Å². The van der Waals surface area contributed by atoms with Crippen LogP contribution >= 0.6 is 0 Å². The van der Waals surface area contributed by atoms with Crippen molar-refractivity contribution in [2.24, 2.45) is 5.92 Å². The first kappa shape index (κ1) is 20.2. The molecule has 0 saturated carbocycles. The van der Waals surface area contributed by atoms with E-state index in [-0.39, 0.29) is 30.0 Å². The zero-order valence-corrected chi connectivity index (χ0v) is 15.7. The van der Waals surface area contributed by atoms with Crippen molar-refractivity contribution >= 4 is 11.6 Å². The number of hydrogen-bond donors (Lipinski definition) is 1. The summed E-state index contributed by atoms with van der Waals surface area (Å²) in [6, 6.07) is 13.8. The average Bonchev–Trinajstić information content (AvgIpc) is 2.66. The molecule has 2 aromatic carbocycles. The Balaban J connectivity index is 2.05. The fourth-order valence-electron chi connectivity index (χ4n) is 2.70. The van der Waals surface area contributed by atoms with Crippen molar-refractivity contribution in [2.45, 2.75) is 26.3 Å². The number of amides is 1. The second kappa shape index (κ2) is 9.56. The zero-order valence-electron chi connectivity index (χ0n) is 15.7. The predicted molar refractivity (Wildman–Crippen MR) is 102 cm³/mol. The Hall–Kier alpha value is -3.09. The largest absolute Gasteiger partial charge is 0.496 e. The molecule has 1 amide bonds. The van der Waals surface area contributed by atoms with Crippen LogP contribution in [0, 0.1) is 16.0 Å². The van der Waals surface area contributed by atoms with E-state index in [1.165, 1.54) is 19.2 Å². The third kappa shape index (κ3) is 5.99. The van der Waals surface area contributed by atoms with Crippen molar-refractivity contribution in [1.29, 1.82) is 0 Å². The monoisotopic (exact) mass is 372 g/mol. The van der Waals surface area contributed by atoms with Crippen molar-refractivity contribution in [3.63, 3.8) is 0 Å². The summed E-state index contributed by atoms with van der Waals surface area (Å²) in [7, 11) is 1.42. The molecule has 0 aliphatic heterocycles. The number of nitrogens with one attached hydrogen (secondary N) is 1. The number of hydrogen-bond acceptors (Lipinski definition) is 5. The lowest BCUT2D eigenvalue weighted by atomic mass is 9.97. The van der Waals surface area contributed by atoms with Crippen LogP contribution in [0.5, 0.6) is 11.5 Å². The molecule has 7 nitrogen and oxygen atoms in total.